The molecule has 2 rings (SSSR count). The van der Waals surface area contributed by atoms with Crippen LogP contribution in [0, 0.1) is 0 Å². The minimum Gasteiger partial charge on any atom is -0.497 e. The summed E-state index contributed by atoms with van der Waals surface area (Å²) < 4.78 is 16.4. The standard InChI is InChI=1S/C23H33NO4/c1-18(2)28-23-10-9-20(13-21(23)17-25)16-24(11-6-12-26-3)15-19-7-5-8-22(14-19)27-4/h5,7-10,13-14,18,25H,6,11-12,15-17H2,1-4H3. The molecule has 0 aromatic heterocycles. The first-order valence-corrected chi connectivity index (χ1v) is 9.79. The number of ether oxygens (including phenoxy) is 3. The third kappa shape index (κ3) is 7.15. The Morgan fingerprint density at radius 1 is 1.00 bits per heavy atom. The Hall–Kier alpha value is -2.08. The first-order chi connectivity index (χ1) is 13.5. The highest BCUT2D eigenvalue weighted by atomic mass is 16.5. The Balaban J connectivity index is 2.14. The molecule has 0 aliphatic carbocycles. The van der Waals surface area contributed by atoms with Crippen LogP contribution in [0.25, 0.3) is 0 Å². The van der Waals surface area contributed by atoms with Gasteiger partial charge in [0.1, 0.15) is 11.5 Å². The molecule has 0 unspecified atom stereocenters. The zero-order chi connectivity index (χ0) is 20.4. The zero-order valence-electron chi connectivity index (χ0n) is 17.5. The summed E-state index contributed by atoms with van der Waals surface area (Å²) in [6, 6.07) is 14.2. The van der Waals surface area contributed by atoms with Crippen molar-refractivity contribution in [3.05, 3.63) is 59.2 Å². The van der Waals surface area contributed by atoms with E-state index in [1.54, 1.807) is 14.2 Å². The van der Waals surface area contributed by atoms with Gasteiger partial charge in [-0.1, -0.05) is 18.2 Å². The van der Waals surface area contributed by atoms with Gasteiger partial charge in [-0.05, 0) is 55.7 Å². The molecule has 0 amide bonds. The predicted molar refractivity (Wildman–Crippen MR) is 112 cm³/mol. The SMILES string of the molecule is COCCCN(Cc1cccc(OC)c1)Cc1ccc(OC(C)C)c(CO)c1. The van der Waals surface area contributed by atoms with Gasteiger partial charge in [0, 0.05) is 38.9 Å². The number of aliphatic hydroxyl groups excluding tert-OH is 1. The summed E-state index contributed by atoms with van der Waals surface area (Å²) in [7, 11) is 3.42. The van der Waals surface area contributed by atoms with Crippen LogP contribution >= 0.6 is 0 Å². The first kappa shape index (κ1) is 22.2. The second-order valence-electron chi connectivity index (χ2n) is 7.18. The molecule has 2 aromatic rings. The molecular weight excluding hydrogens is 354 g/mol. The number of benzene rings is 2. The second kappa shape index (κ2) is 11.7. The van der Waals surface area contributed by atoms with E-state index in [9.17, 15) is 5.11 Å². The number of aliphatic hydroxyl groups is 1. The molecule has 1 N–H and O–H groups in total. The quantitative estimate of drug-likeness (QED) is 0.558. The minimum absolute atomic E-state index is 0.0323. The molecule has 0 fully saturated rings. The molecule has 5 heteroatoms. The van der Waals surface area contributed by atoms with Crippen molar-refractivity contribution in [2.24, 2.45) is 0 Å². The van der Waals surface area contributed by atoms with Crippen molar-refractivity contribution in [3.8, 4) is 11.5 Å². The van der Waals surface area contributed by atoms with E-state index < -0.39 is 0 Å². The maximum absolute atomic E-state index is 9.73. The summed E-state index contributed by atoms with van der Waals surface area (Å²) >= 11 is 0. The van der Waals surface area contributed by atoms with Crippen LogP contribution in [0.5, 0.6) is 11.5 Å². The van der Waals surface area contributed by atoms with E-state index in [2.05, 4.69) is 23.1 Å². The van der Waals surface area contributed by atoms with Crippen molar-refractivity contribution in [3.63, 3.8) is 0 Å². The van der Waals surface area contributed by atoms with Gasteiger partial charge in [-0.3, -0.25) is 4.90 Å². The third-order valence-electron chi connectivity index (χ3n) is 4.43. The topological polar surface area (TPSA) is 51.2 Å². The normalized spacial score (nSPS) is 11.2. The molecule has 0 aliphatic heterocycles. The number of methoxy groups -OCH3 is 2. The van der Waals surface area contributed by atoms with Crippen LogP contribution in [0.4, 0.5) is 0 Å². The Bertz CT molecular complexity index is 717. The highest BCUT2D eigenvalue weighted by Crippen LogP contribution is 2.23. The van der Waals surface area contributed by atoms with E-state index in [-0.39, 0.29) is 12.7 Å². The fourth-order valence-corrected chi connectivity index (χ4v) is 3.16. The molecule has 5 nitrogen and oxygen atoms in total. The highest BCUT2D eigenvalue weighted by molar-refractivity contribution is 5.37. The fourth-order valence-electron chi connectivity index (χ4n) is 3.16. The molecular formula is C23H33NO4. The lowest BCUT2D eigenvalue weighted by molar-refractivity contribution is 0.166. The van der Waals surface area contributed by atoms with E-state index in [4.69, 9.17) is 14.2 Å². The van der Waals surface area contributed by atoms with Crippen molar-refractivity contribution in [2.45, 2.75) is 46.1 Å². The summed E-state index contributed by atoms with van der Waals surface area (Å²) in [6.45, 7) is 7.20. The third-order valence-corrected chi connectivity index (χ3v) is 4.43. The average molecular weight is 388 g/mol. The van der Waals surface area contributed by atoms with Gasteiger partial charge >= 0.3 is 0 Å². The Labute approximate surface area is 168 Å². The molecule has 0 bridgehead atoms. The van der Waals surface area contributed by atoms with Crippen LogP contribution in [0.3, 0.4) is 0 Å². The van der Waals surface area contributed by atoms with E-state index in [1.165, 1.54) is 5.56 Å². The number of hydrogen-bond donors (Lipinski definition) is 1. The van der Waals surface area contributed by atoms with Gasteiger partial charge in [0.15, 0.2) is 0 Å². The molecule has 0 aliphatic rings. The number of hydrogen-bond acceptors (Lipinski definition) is 5. The molecule has 0 saturated carbocycles. The lowest BCUT2D eigenvalue weighted by atomic mass is 10.1. The van der Waals surface area contributed by atoms with Crippen molar-refractivity contribution in [2.75, 3.05) is 27.4 Å². The molecule has 0 heterocycles. The van der Waals surface area contributed by atoms with Gasteiger partial charge in [-0.25, -0.2) is 0 Å². The van der Waals surface area contributed by atoms with Crippen LogP contribution in [0.1, 0.15) is 37.0 Å². The van der Waals surface area contributed by atoms with Crippen molar-refractivity contribution in [1.29, 1.82) is 0 Å². The largest absolute Gasteiger partial charge is 0.497 e. The summed E-state index contributed by atoms with van der Waals surface area (Å²) in [6.07, 6.45) is 1.04. The number of nitrogens with zero attached hydrogens (tertiary/aromatic N) is 1. The van der Waals surface area contributed by atoms with Gasteiger partial charge in [-0.2, -0.15) is 0 Å². The lowest BCUT2D eigenvalue weighted by Crippen LogP contribution is -2.25. The van der Waals surface area contributed by atoms with E-state index in [0.29, 0.717) is 0 Å². The Kier molecular flexibility index (Phi) is 9.28. The van der Waals surface area contributed by atoms with Gasteiger partial charge in [0.2, 0.25) is 0 Å². The molecule has 0 atom stereocenters. The van der Waals surface area contributed by atoms with Crippen LogP contribution in [0.2, 0.25) is 0 Å². The summed E-state index contributed by atoms with van der Waals surface area (Å²) in [5, 5.41) is 9.73. The number of rotatable bonds is 12. The van der Waals surface area contributed by atoms with Crippen molar-refractivity contribution in [1.82, 2.24) is 4.90 Å². The fraction of sp³-hybridized carbons (Fsp3) is 0.478. The van der Waals surface area contributed by atoms with Crippen LogP contribution < -0.4 is 9.47 Å². The van der Waals surface area contributed by atoms with Crippen molar-refractivity contribution < 1.29 is 19.3 Å². The maximum atomic E-state index is 9.73. The van der Waals surface area contributed by atoms with Gasteiger partial charge in [0.05, 0.1) is 19.8 Å². The predicted octanol–water partition coefficient (Wildman–Crippen LogP) is 4.01. The van der Waals surface area contributed by atoms with Gasteiger partial charge < -0.3 is 19.3 Å². The summed E-state index contributed by atoms with van der Waals surface area (Å²) in [5.41, 5.74) is 3.18. The molecule has 0 saturated heterocycles. The first-order valence-electron chi connectivity index (χ1n) is 9.79. The molecule has 28 heavy (non-hydrogen) atoms. The Morgan fingerprint density at radius 2 is 1.75 bits per heavy atom. The monoisotopic (exact) mass is 387 g/mol. The summed E-state index contributed by atoms with van der Waals surface area (Å²) in [4.78, 5) is 2.38. The van der Waals surface area contributed by atoms with Crippen LogP contribution in [0.15, 0.2) is 42.5 Å². The maximum Gasteiger partial charge on any atom is 0.125 e. The van der Waals surface area contributed by atoms with E-state index >= 15 is 0 Å². The Morgan fingerprint density at radius 3 is 2.39 bits per heavy atom. The van der Waals surface area contributed by atoms with Gasteiger partial charge in [0.25, 0.3) is 0 Å². The molecule has 0 radical (unpaired) electrons. The smallest absolute Gasteiger partial charge is 0.125 e. The molecule has 2 aromatic carbocycles. The second-order valence-corrected chi connectivity index (χ2v) is 7.18. The highest BCUT2D eigenvalue weighted by Gasteiger charge is 2.11. The van der Waals surface area contributed by atoms with Gasteiger partial charge in [-0.15, -0.1) is 0 Å². The lowest BCUT2D eigenvalue weighted by Gasteiger charge is -2.23. The van der Waals surface area contributed by atoms with Crippen LogP contribution in [-0.2, 0) is 24.4 Å². The van der Waals surface area contributed by atoms with E-state index in [1.807, 2.05) is 38.1 Å². The summed E-state index contributed by atoms with van der Waals surface area (Å²) in [5.74, 6) is 1.62. The molecule has 154 valence electrons. The van der Waals surface area contributed by atoms with E-state index in [0.717, 1.165) is 55.3 Å². The van der Waals surface area contributed by atoms with Crippen LogP contribution in [-0.4, -0.2) is 43.5 Å². The minimum atomic E-state index is -0.0323. The average Bonchev–Trinajstić information content (AvgIpc) is 2.69. The van der Waals surface area contributed by atoms with Crippen molar-refractivity contribution >= 4 is 0 Å². The molecule has 0 spiro atoms. The zero-order valence-corrected chi connectivity index (χ0v) is 17.5.